The Bertz CT molecular complexity index is 405. The number of hydrogen-bond donors (Lipinski definition) is 1. The second-order valence-corrected chi connectivity index (χ2v) is 5.53. The van der Waals surface area contributed by atoms with Crippen LogP contribution in [0, 0.1) is 0 Å². The van der Waals surface area contributed by atoms with E-state index in [1.807, 2.05) is 7.05 Å². The van der Waals surface area contributed by atoms with Crippen molar-refractivity contribution in [2.24, 2.45) is 0 Å². The molecule has 3 heteroatoms. The fourth-order valence-corrected chi connectivity index (χ4v) is 3.07. The Morgan fingerprint density at radius 1 is 1.50 bits per heavy atom. The molecule has 1 aliphatic heterocycles. The van der Waals surface area contributed by atoms with Crippen molar-refractivity contribution < 1.29 is 0 Å². The minimum absolute atomic E-state index is 0.345. The van der Waals surface area contributed by atoms with Crippen LogP contribution in [0.25, 0.3) is 0 Å². The molecule has 1 heterocycles. The van der Waals surface area contributed by atoms with Crippen molar-refractivity contribution >= 4 is 17.3 Å². The molecule has 1 fully saturated rings. The van der Waals surface area contributed by atoms with Gasteiger partial charge in [0, 0.05) is 18.6 Å². The number of nitrogens with one attached hydrogen (secondary N) is 1. The largest absolute Gasteiger partial charge is 0.367 e. The van der Waals surface area contributed by atoms with Crippen molar-refractivity contribution in [2.45, 2.75) is 45.2 Å². The van der Waals surface area contributed by atoms with Crippen LogP contribution in [-0.2, 0) is 0 Å². The highest BCUT2D eigenvalue weighted by Crippen LogP contribution is 2.34. The third-order valence-electron chi connectivity index (χ3n) is 4.06. The molecule has 0 aliphatic carbocycles. The molecule has 18 heavy (non-hydrogen) atoms. The molecule has 1 aromatic rings. The summed E-state index contributed by atoms with van der Waals surface area (Å²) in [6, 6.07) is 7.47. The van der Waals surface area contributed by atoms with Gasteiger partial charge in [0.1, 0.15) is 0 Å². The van der Waals surface area contributed by atoms with Crippen LogP contribution in [0.15, 0.2) is 18.2 Å². The van der Waals surface area contributed by atoms with Gasteiger partial charge in [-0.1, -0.05) is 24.6 Å². The monoisotopic (exact) mass is 266 g/mol. The van der Waals surface area contributed by atoms with Crippen molar-refractivity contribution in [1.82, 2.24) is 5.32 Å². The van der Waals surface area contributed by atoms with Crippen molar-refractivity contribution in [2.75, 3.05) is 18.5 Å². The first kappa shape index (κ1) is 13.7. The summed E-state index contributed by atoms with van der Waals surface area (Å²) in [5.74, 6) is 0. The highest BCUT2D eigenvalue weighted by Gasteiger charge is 2.24. The molecule has 2 unspecified atom stereocenters. The van der Waals surface area contributed by atoms with E-state index >= 15 is 0 Å². The second-order valence-electron chi connectivity index (χ2n) is 5.12. The third-order valence-corrected chi connectivity index (χ3v) is 4.37. The predicted molar refractivity (Wildman–Crippen MR) is 79.6 cm³/mol. The molecule has 0 aromatic heterocycles. The predicted octanol–water partition coefficient (Wildman–Crippen LogP) is 4.00. The minimum Gasteiger partial charge on any atom is -0.367 e. The van der Waals surface area contributed by atoms with Crippen LogP contribution in [0.5, 0.6) is 0 Å². The molecular weight excluding hydrogens is 244 g/mol. The second kappa shape index (κ2) is 5.94. The van der Waals surface area contributed by atoms with Crippen LogP contribution in [0.3, 0.4) is 0 Å². The maximum atomic E-state index is 6.46. The zero-order valence-electron chi connectivity index (χ0n) is 11.5. The Kier molecular flexibility index (Phi) is 4.52. The fraction of sp³-hybridized carbons (Fsp3) is 0.600. The lowest BCUT2D eigenvalue weighted by Crippen LogP contribution is -2.28. The zero-order chi connectivity index (χ0) is 13.1. The summed E-state index contributed by atoms with van der Waals surface area (Å²) in [6.07, 6.45) is 3.77. The maximum Gasteiger partial charge on any atom is 0.0642 e. The number of nitrogens with zero attached hydrogens (tertiary/aromatic N) is 1. The van der Waals surface area contributed by atoms with Gasteiger partial charge in [-0.25, -0.2) is 0 Å². The lowest BCUT2D eigenvalue weighted by Gasteiger charge is -2.27. The molecule has 100 valence electrons. The van der Waals surface area contributed by atoms with E-state index in [1.54, 1.807) is 0 Å². The molecule has 2 rings (SSSR count). The van der Waals surface area contributed by atoms with Crippen LogP contribution in [0.2, 0.25) is 5.02 Å². The Labute approximate surface area is 115 Å². The molecule has 1 saturated heterocycles. The number of hydrogen-bond acceptors (Lipinski definition) is 2. The fourth-order valence-electron chi connectivity index (χ4n) is 2.77. The van der Waals surface area contributed by atoms with E-state index in [1.165, 1.54) is 30.5 Å². The van der Waals surface area contributed by atoms with Gasteiger partial charge in [-0.15, -0.1) is 0 Å². The molecule has 1 aromatic carbocycles. The van der Waals surface area contributed by atoms with Crippen LogP contribution >= 0.6 is 11.6 Å². The first-order chi connectivity index (χ1) is 8.67. The smallest absolute Gasteiger partial charge is 0.0642 e. The summed E-state index contributed by atoms with van der Waals surface area (Å²) in [6.45, 7) is 5.55. The van der Waals surface area contributed by atoms with Gasteiger partial charge in [-0.2, -0.15) is 0 Å². The first-order valence-electron chi connectivity index (χ1n) is 6.90. The Hall–Kier alpha value is -0.730. The SMILES string of the molecule is CCC1CCCN1c1ccc(C(C)NC)cc1Cl. The molecule has 0 saturated carbocycles. The average Bonchev–Trinajstić information content (AvgIpc) is 2.85. The highest BCUT2D eigenvalue weighted by molar-refractivity contribution is 6.33. The summed E-state index contributed by atoms with van der Waals surface area (Å²) in [5.41, 5.74) is 2.45. The molecular formula is C15H23ClN2. The molecule has 0 amide bonds. The molecule has 0 bridgehead atoms. The molecule has 1 N–H and O–H groups in total. The van der Waals surface area contributed by atoms with E-state index in [4.69, 9.17) is 11.6 Å². The number of benzene rings is 1. The molecule has 1 aliphatic rings. The maximum absolute atomic E-state index is 6.46. The van der Waals surface area contributed by atoms with E-state index in [9.17, 15) is 0 Å². The summed E-state index contributed by atoms with van der Waals surface area (Å²) in [5, 5.41) is 4.13. The quantitative estimate of drug-likeness (QED) is 0.886. The third kappa shape index (κ3) is 2.65. The Morgan fingerprint density at radius 2 is 2.28 bits per heavy atom. The minimum atomic E-state index is 0.345. The van der Waals surface area contributed by atoms with Crippen molar-refractivity contribution in [3.05, 3.63) is 28.8 Å². The van der Waals surface area contributed by atoms with Gasteiger partial charge in [0.15, 0.2) is 0 Å². The standard InChI is InChI=1S/C15H23ClN2/c1-4-13-6-5-9-18(13)15-8-7-12(10-14(15)16)11(2)17-3/h7-8,10-11,13,17H,4-6,9H2,1-3H3. The van der Waals surface area contributed by atoms with Gasteiger partial charge in [0.05, 0.1) is 10.7 Å². The zero-order valence-corrected chi connectivity index (χ0v) is 12.3. The summed E-state index contributed by atoms with van der Waals surface area (Å²) in [7, 11) is 1.97. The normalized spacial score (nSPS) is 21.3. The topological polar surface area (TPSA) is 15.3 Å². The molecule has 2 nitrogen and oxygen atoms in total. The van der Waals surface area contributed by atoms with Gasteiger partial charge in [0.25, 0.3) is 0 Å². The number of anilines is 1. The van der Waals surface area contributed by atoms with Crippen LogP contribution < -0.4 is 10.2 Å². The Balaban J connectivity index is 2.24. The number of rotatable bonds is 4. The Morgan fingerprint density at radius 3 is 2.89 bits per heavy atom. The summed E-state index contributed by atoms with van der Waals surface area (Å²) < 4.78 is 0. The lowest BCUT2D eigenvalue weighted by atomic mass is 10.1. The van der Waals surface area contributed by atoms with Crippen LogP contribution in [0.4, 0.5) is 5.69 Å². The van der Waals surface area contributed by atoms with Crippen LogP contribution in [0.1, 0.15) is 44.7 Å². The number of halogens is 1. The van der Waals surface area contributed by atoms with E-state index in [2.05, 4.69) is 42.3 Å². The van der Waals surface area contributed by atoms with E-state index in [0.29, 0.717) is 12.1 Å². The van der Waals surface area contributed by atoms with Crippen molar-refractivity contribution in [3.63, 3.8) is 0 Å². The van der Waals surface area contributed by atoms with Crippen LogP contribution in [-0.4, -0.2) is 19.6 Å². The van der Waals surface area contributed by atoms with Gasteiger partial charge in [-0.05, 0) is 50.9 Å². The van der Waals surface area contributed by atoms with Crippen molar-refractivity contribution in [1.29, 1.82) is 0 Å². The highest BCUT2D eigenvalue weighted by atomic mass is 35.5. The molecule has 2 atom stereocenters. The van der Waals surface area contributed by atoms with Gasteiger partial charge in [0.2, 0.25) is 0 Å². The van der Waals surface area contributed by atoms with E-state index < -0.39 is 0 Å². The summed E-state index contributed by atoms with van der Waals surface area (Å²) in [4.78, 5) is 2.47. The summed E-state index contributed by atoms with van der Waals surface area (Å²) >= 11 is 6.46. The average molecular weight is 267 g/mol. The van der Waals surface area contributed by atoms with Gasteiger partial charge in [-0.3, -0.25) is 0 Å². The first-order valence-corrected chi connectivity index (χ1v) is 7.28. The lowest BCUT2D eigenvalue weighted by molar-refractivity contribution is 0.642. The molecule has 0 radical (unpaired) electrons. The van der Waals surface area contributed by atoms with Gasteiger partial charge >= 0.3 is 0 Å². The van der Waals surface area contributed by atoms with E-state index in [-0.39, 0.29) is 0 Å². The van der Waals surface area contributed by atoms with E-state index in [0.717, 1.165) is 11.6 Å². The molecule has 0 spiro atoms. The van der Waals surface area contributed by atoms with Crippen molar-refractivity contribution in [3.8, 4) is 0 Å². The van der Waals surface area contributed by atoms with Gasteiger partial charge < -0.3 is 10.2 Å².